The molecule has 1 rings (SSSR count). The lowest BCUT2D eigenvalue weighted by Crippen LogP contribution is -2.31. The molecule has 0 saturated heterocycles. The van der Waals surface area contributed by atoms with Gasteiger partial charge in [0.25, 0.3) is 0 Å². The Morgan fingerprint density at radius 1 is 1.30 bits per heavy atom. The van der Waals surface area contributed by atoms with Crippen molar-refractivity contribution in [2.24, 2.45) is 11.7 Å². The molecular weight excluding hydrogens is 148 g/mol. The van der Waals surface area contributed by atoms with E-state index in [0.29, 0.717) is 0 Å². The Kier molecular flexibility index (Phi) is 4.42. The quantitative estimate of drug-likeness (QED) is 0.583. The van der Waals surface area contributed by atoms with Crippen LogP contribution in [0.3, 0.4) is 0 Å². The molecule has 58 valence electrons. The summed E-state index contributed by atoms with van der Waals surface area (Å²) in [5.41, 5.74) is 5.67. The second-order valence-corrected chi connectivity index (χ2v) is 2.68. The highest BCUT2D eigenvalue weighted by molar-refractivity contribution is 5.85. The van der Waals surface area contributed by atoms with Crippen LogP contribution >= 0.6 is 12.4 Å². The van der Waals surface area contributed by atoms with Gasteiger partial charge in [-0.25, -0.2) is 0 Å². The largest absolute Gasteiger partial charge is 0.327 e. The van der Waals surface area contributed by atoms with E-state index in [4.69, 9.17) is 11.0 Å². The molecule has 0 bridgehead atoms. The van der Waals surface area contributed by atoms with Crippen molar-refractivity contribution in [2.75, 3.05) is 0 Å². The van der Waals surface area contributed by atoms with E-state index in [1.807, 2.05) is 0 Å². The lowest BCUT2D eigenvalue weighted by molar-refractivity contribution is 0.369. The van der Waals surface area contributed by atoms with E-state index < -0.39 is 0 Å². The van der Waals surface area contributed by atoms with E-state index in [-0.39, 0.29) is 24.4 Å². The lowest BCUT2D eigenvalue weighted by atomic mass is 9.86. The van der Waals surface area contributed by atoms with Crippen molar-refractivity contribution in [3.05, 3.63) is 0 Å². The van der Waals surface area contributed by atoms with Gasteiger partial charge in [0.2, 0.25) is 0 Å². The molecule has 1 saturated carbocycles. The molecule has 0 aliphatic heterocycles. The summed E-state index contributed by atoms with van der Waals surface area (Å²) in [7, 11) is 0. The molecule has 1 fully saturated rings. The molecule has 0 heterocycles. The fourth-order valence-corrected chi connectivity index (χ4v) is 1.32. The standard InChI is InChI=1S/C7H12N2.ClH/c8-5-6-3-1-2-4-7(6)9;/h6-7H,1-4,9H2;1H/t6-,7-;/m0./s1. The van der Waals surface area contributed by atoms with E-state index >= 15 is 0 Å². The van der Waals surface area contributed by atoms with Crippen molar-refractivity contribution in [1.29, 1.82) is 5.26 Å². The van der Waals surface area contributed by atoms with Gasteiger partial charge < -0.3 is 5.73 Å². The molecule has 0 amide bonds. The Bertz CT molecular complexity index is 130. The van der Waals surface area contributed by atoms with Crippen LogP contribution < -0.4 is 5.73 Å². The smallest absolute Gasteiger partial charge is 0.0672 e. The van der Waals surface area contributed by atoms with Crippen molar-refractivity contribution in [1.82, 2.24) is 0 Å². The summed E-state index contributed by atoms with van der Waals surface area (Å²) in [5.74, 6) is 0.138. The molecule has 0 aromatic rings. The summed E-state index contributed by atoms with van der Waals surface area (Å²) in [6.07, 6.45) is 4.45. The zero-order valence-corrected chi connectivity index (χ0v) is 6.73. The van der Waals surface area contributed by atoms with Gasteiger partial charge in [-0.1, -0.05) is 12.8 Å². The number of nitrogens with two attached hydrogens (primary N) is 1. The molecular formula is C7H13ClN2. The zero-order valence-electron chi connectivity index (χ0n) is 5.92. The van der Waals surface area contributed by atoms with Gasteiger partial charge in [-0.3, -0.25) is 0 Å². The van der Waals surface area contributed by atoms with Crippen LogP contribution in [0.4, 0.5) is 0 Å². The van der Waals surface area contributed by atoms with Gasteiger partial charge in [0.1, 0.15) is 0 Å². The van der Waals surface area contributed by atoms with Crippen molar-refractivity contribution in [3.8, 4) is 6.07 Å². The molecule has 0 aromatic carbocycles. The van der Waals surface area contributed by atoms with E-state index in [1.54, 1.807) is 0 Å². The van der Waals surface area contributed by atoms with Crippen LogP contribution in [0, 0.1) is 17.2 Å². The Hall–Kier alpha value is -0.260. The van der Waals surface area contributed by atoms with Gasteiger partial charge in [0.15, 0.2) is 0 Å². The topological polar surface area (TPSA) is 49.8 Å². The first-order valence-electron chi connectivity index (χ1n) is 3.50. The van der Waals surface area contributed by atoms with Crippen LogP contribution in [0.1, 0.15) is 25.7 Å². The van der Waals surface area contributed by atoms with Crippen LogP contribution in [0.25, 0.3) is 0 Å². The van der Waals surface area contributed by atoms with Crippen LogP contribution in [-0.2, 0) is 0 Å². The van der Waals surface area contributed by atoms with E-state index in [1.165, 1.54) is 12.8 Å². The normalized spacial score (nSPS) is 32.0. The minimum atomic E-state index is 0. The van der Waals surface area contributed by atoms with Gasteiger partial charge in [-0.05, 0) is 12.8 Å². The Balaban J connectivity index is 0.000000810. The molecule has 2 atom stereocenters. The first-order chi connectivity index (χ1) is 4.34. The van der Waals surface area contributed by atoms with Crippen molar-refractivity contribution >= 4 is 12.4 Å². The number of hydrogen-bond acceptors (Lipinski definition) is 2. The van der Waals surface area contributed by atoms with Gasteiger partial charge in [-0.15, -0.1) is 12.4 Å². The Labute approximate surface area is 67.8 Å². The highest BCUT2D eigenvalue weighted by atomic mass is 35.5. The predicted octanol–water partition coefficient (Wildman–Crippen LogP) is 1.45. The van der Waals surface area contributed by atoms with Gasteiger partial charge >= 0.3 is 0 Å². The van der Waals surface area contributed by atoms with Crippen LogP contribution in [0.5, 0.6) is 0 Å². The fraction of sp³-hybridized carbons (Fsp3) is 0.857. The summed E-state index contributed by atoms with van der Waals surface area (Å²) < 4.78 is 0. The maximum absolute atomic E-state index is 8.53. The van der Waals surface area contributed by atoms with Gasteiger partial charge in [-0.2, -0.15) is 5.26 Å². The summed E-state index contributed by atoms with van der Waals surface area (Å²) >= 11 is 0. The first-order valence-corrected chi connectivity index (χ1v) is 3.50. The van der Waals surface area contributed by atoms with Gasteiger partial charge in [0, 0.05) is 6.04 Å². The first kappa shape index (κ1) is 9.74. The van der Waals surface area contributed by atoms with Gasteiger partial charge in [0.05, 0.1) is 12.0 Å². The average molecular weight is 161 g/mol. The predicted molar refractivity (Wildman–Crippen MR) is 42.8 cm³/mol. The number of nitriles is 1. The summed E-state index contributed by atoms with van der Waals surface area (Å²) in [5, 5.41) is 8.53. The molecule has 0 aromatic heterocycles. The third kappa shape index (κ3) is 2.17. The number of rotatable bonds is 0. The molecule has 0 radical (unpaired) electrons. The maximum atomic E-state index is 8.53. The van der Waals surface area contributed by atoms with Crippen LogP contribution in [0.2, 0.25) is 0 Å². The van der Waals surface area contributed by atoms with E-state index in [9.17, 15) is 0 Å². The Morgan fingerprint density at radius 3 is 2.30 bits per heavy atom. The monoisotopic (exact) mass is 160 g/mol. The van der Waals surface area contributed by atoms with Crippen LogP contribution in [-0.4, -0.2) is 6.04 Å². The average Bonchev–Trinajstić information content (AvgIpc) is 1.89. The molecule has 0 spiro atoms. The highest BCUT2D eigenvalue weighted by Gasteiger charge is 2.20. The molecule has 2 N–H and O–H groups in total. The number of hydrogen-bond donors (Lipinski definition) is 1. The molecule has 10 heavy (non-hydrogen) atoms. The second-order valence-electron chi connectivity index (χ2n) is 2.68. The maximum Gasteiger partial charge on any atom is 0.0672 e. The molecule has 3 heteroatoms. The summed E-state index contributed by atoms with van der Waals surface area (Å²) in [4.78, 5) is 0. The number of halogens is 1. The molecule has 1 aliphatic carbocycles. The minimum absolute atomic E-state index is 0. The summed E-state index contributed by atoms with van der Waals surface area (Å²) in [6.45, 7) is 0. The summed E-state index contributed by atoms with van der Waals surface area (Å²) in [6, 6.07) is 2.38. The van der Waals surface area contributed by atoms with Crippen molar-refractivity contribution in [3.63, 3.8) is 0 Å². The van der Waals surface area contributed by atoms with Crippen LogP contribution in [0.15, 0.2) is 0 Å². The lowest BCUT2D eigenvalue weighted by Gasteiger charge is -2.22. The third-order valence-electron chi connectivity index (χ3n) is 1.99. The molecule has 0 unspecified atom stereocenters. The van der Waals surface area contributed by atoms with Crippen molar-refractivity contribution in [2.45, 2.75) is 31.7 Å². The Morgan fingerprint density at radius 2 is 1.90 bits per heavy atom. The third-order valence-corrected chi connectivity index (χ3v) is 1.99. The highest BCUT2D eigenvalue weighted by Crippen LogP contribution is 2.21. The molecule has 1 aliphatic rings. The zero-order chi connectivity index (χ0) is 6.69. The van der Waals surface area contributed by atoms with Crippen molar-refractivity contribution < 1.29 is 0 Å². The minimum Gasteiger partial charge on any atom is -0.327 e. The molecule has 2 nitrogen and oxygen atoms in total. The van der Waals surface area contributed by atoms with E-state index in [0.717, 1.165) is 12.8 Å². The second kappa shape index (κ2) is 4.54. The number of nitrogens with zero attached hydrogens (tertiary/aromatic N) is 1. The fourth-order valence-electron chi connectivity index (χ4n) is 1.32. The van der Waals surface area contributed by atoms with E-state index in [2.05, 4.69) is 6.07 Å². The SMILES string of the molecule is Cl.N#C[C@@H]1CCCC[C@@H]1N.